The number of rotatable bonds is 4. The molecule has 1 heterocycles. The number of hydrogen-bond donors (Lipinski definition) is 1. The molecule has 0 bridgehead atoms. The molecule has 2 rings (SSSR count). The van der Waals surface area contributed by atoms with Crippen molar-refractivity contribution in [2.24, 2.45) is 7.05 Å². The molecular weight excluding hydrogens is 321 g/mol. The van der Waals surface area contributed by atoms with Gasteiger partial charge in [0.15, 0.2) is 4.60 Å². The first-order valence-corrected chi connectivity index (χ1v) is 6.36. The summed E-state index contributed by atoms with van der Waals surface area (Å²) >= 11 is 8.99. The third-order valence-corrected chi connectivity index (χ3v) is 3.18. The summed E-state index contributed by atoms with van der Waals surface area (Å²) in [4.78, 5) is 0. The van der Waals surface area contributed by atoms with Crippen LogP contribution in [0.3, 0.4) is 0 Å². The quantitative estimate of drug-likeness (QED) is 0.933. The standard InChI is InChI=1S/C11H11BrClN3O2/c1-16-10(11(12)14-15-16)9(17)6-18-8-4-2-7(13)3-5-8/h2-5,9,17H,6H2,1H3. The maximum Gasteiger partial charge on any atom is 0.154 e. The zero-order chi connectivity index (χ0) is 13.1. The van der Waals surface area contributed by atoms with E-state index in [1.165, 1.54) is 4.68 Å². The van der Waals surface area contributed by atoms with E-state index in [0.29, 0.717) is 21.1 Å². The van der Waals surface area contributed by atoms with E-state index < -0.39 is 6.10 Å². The highest BCUT2D eigenvalue weighted by molar-refractivity contribution is 9.10. The van der Waals surface area contributed by atoms with E-state index in [0.717, 1.165) is 0 Å². The van der Waals surface area contributed by atoms with Crippen molar-refractivity contribution in [1.82, 2.24) is 15.0 Å². The smallest absolute Gasteiger partial charge is 0.154 e. The number of ether oxygens (including phenoxy) is 1. The summed E-state index contributed by atoms with van der Waals surface area (Å²) in [6, 6.07) is 6.94. The van der Waals surface area contributed by atoms with Crippen LogP contribution in [-0.4, -0.2) is 26.7 Å². The van der Waals surface area contributed by atoms with E-state index in [-0.39, 0.29) is 6.61 Å². The van der Waals surface area contributed by atoms with Crippen LogP contribution in [0.25, 0.3) is 0 Å². The molecule has 7 heteroatoms. The number of nitrogens with zero attached hydrogens (tertiary/aromatic N) is 3. The first kappa shape index (κ1) is 13.3. The van der Waals surface area contributed by atoms with Crippen LogP contribution in [0.15, 0.2) is 28.9 Å². The molecule has 18 heavy (non-hydrogen) atoms. The van der Waals surface area contributed by atoms with Gasteiger partial charge in [0.2, 0.25) is 0 Å². The topological polar surface area (TPSA) is 60.2 Å². The van der Waals surface area contributed by atoms with Crippen molar-refractivity contribution in [3.63, 3.8) is 0 Å². The van der Waals surface area contributed by atoms with Crippen molar-refractivity contribution in [2.45, 2.75) is 6.10 Å². The Morgan fingerprint density at radius 1 is 1.44 bits per heavy atom. The molecule has 2 aromatic rings. The van der Waals surface area contributed by atoms with Crippen LogP contribution >= 0.6 is 27.5 Å². The van der Waals surface area contributed by atoms with Gasteiger partial charge >= 0.3 is 0 Å². The van der Waals surface area contributed by atoms with Crippen LogP contribution in [0.1, 0.15) is 11.8 Å². The molecule has 1 N–H and O–H groups in total. The Hall–Kier alpha value is -1.11. The Morgan fingerprint density at radius 3 is 2.67 bits per heavy atom. The molecule has 0 radical (unpaired) electrons. The predicted octanol–water partition coefficient (Wildman–Crippen LogP) is 2.34. The fourth-order valence-electron chi connectivity index (χ4n) is 1.48. The SMILES string of the molecule is Cn1nnc(Br)c1C(O)COc1ccc(Cl)cc1. The molecule has 0 saturated heterocycles. The minimum absolute atomic E-state index is 0.113. The second-order valence-corrected chi connectivity index (χ2v) is 4.86. The molecule has 1 atom stereocenters. The largest absolute Gasteiger partial charge is 0.490 e. The highest BCUT2D eigenvalue weighted by Crippen LogP contribution is 2.22. The molecule has 0 aliphatic rings. The van der Waals surface area contributed by atoms with Gasteiger partial charge in [0.25, 0.3) is 0 Å². The summed E-state index contributed by atoms with van der Waals surface area (Å²) in [6.07, 6.45) is -0.810. The summed E-state index contributed by atoms with van der Waals surface area (Å²) < 4.78 is 7.47. The molecule has 96 valence electrons. The van der Waals surface area contributed by atoms with Crippen LogP contribution in [0.5, 0.6) is 5.75 Å². The first-order chi connectivity index (χ1) is 8.58. The maximum absolute atomic E-state index is 10.0. The Morgan fingerprint density at radius 2 is 2.11 bits per heavy atom. The molecule has 1 aromatic carbocycles. The third kappa shape index (κ3) is 3.01. The van der Waals surface area contributed by atoms with E-state index in [9.17, 15) is 5.11 Å². The lowest BCUT2D eigenvalue weighted by atomic mass is 10.3. The van der Waals surface area contributed by atoms with Gasteiger partial charge in [-0.3, -0.25) is 0 Å². The molecule has 0 saturated carbocycles. The molecule has 0 fully saturated rings. The minimum atomic E-state index is -0.810. The van der Waals surface area contributed by atoms with Gasteiger partial charge < -0.3 is 9.84 Å². The van der Waals surface area contributed by atoms with E-state index in [2.05, 4.69) is 26.2 Å². The van der Waals surface area contributed by atoms with E-state index in [1.807, 2.05) is 0 Å². The summed E-state index contributed by atoms with van der Waals surface area (Å²) in [6.45, 7) is 0.113. The van der Waals surface area contributed by atoms with Gasteiger partial charge in [-0.15, -0.1) is 5.10 Å². The minimum Gasteiger partial charge on any atom is -0.490 e. The number of halogens is 2. The number of aromatic nitrogens is 3. The van der Waals surface area contributed by atoms with Crippen molar-refractivity contribution in [2.75, 3.05) is 6.61 Å². The maximum atomic E-state index is 10.0. The van der Waals surface area contributed by atoms with Gasteiger partial charge in [0, 0.05) is 12.1 Å². The highest BCUT2D eigenvalue weighted by Gasteiger charge is 2.18. The van der Waals surface area contributed by atoms with Gasteiger partial charge in [-0.1, -0.05) is 16.8 Å². The Kier molecular flexibility index (Phi) is 4.21. The molecule has 1 aromatic heterocycles. The molecule has 0 aliphatic carbocycles. The third-order valence-electron chi connectivity index (χ3n) is 2.36. The van der Waals surface area contributed by atoms with E-state index in [4.69, 9.17) is 16.3 Å². The fraction of sp³-hybridized carbons (Fsp3) is 0.273. The molecule has 0 amide bonds. The van der Waals surface area contributed by atoms with Crippen molar-refractivity contribution in [3.05, 3.63) is 39.6 Å². The van der Waals surface area contributed by atoms with Crippen LogP contribution in [0.2, 0.25) is 5.02 Å². The Bertz CT molecular complexity index is 510. The van der Waals surface area contributed by atoms with Crippen molar-refractivity contribution < 1.29 is 9.84 Å². The first-order valence-electron chi connectivity index (χ1n) is 5.19. The Labute approximate surface area is 117 Å². The monoisotopic (exact) mass is 331 g/mol. The number of aliphatic hydroxyl groups is 1. The van der Waals surface area contributed by atoms with Crippen LogP contribution in [-0.2, 0) is 7.05 Å². The lowest BCUT2D eigenvalue weighted by Gasteiger charge is -2.12. The normalized spacial score (nSPS) is 12.4. The van der Waals surface area contributed by atoms with Crippen LogP contribution in [0, 0.1) is 0 Å². The van der Waals surface area contributed by atoms with Gasteiger partial charge in [-0.2, -0.15) is 0 Å². The van der Waals surface area contributed by atoms with Crippen molar-refractivity contribution in [3.8, 4) is 5.75 Å². The van der Waals surface area contributed by atoms with Gasteiger partial charge in [-0.25, -0.2) is 4.68 Å². The average molecular weight is 333 g/mol. The highest BCUT2D eigenvalue weighted by atomic mass is 79.9. The molecule has 5 nitrogen and oxygen atoms in total. The predicted molar refractivity (Wildman–Crippen MR) is 70.6 cm³/mol. The lowest BCUT2D eigenvalue weighted by molar-refractivity contribution is 0.100. The van der Waals surface area contributed by atoms with E-state index >= 15 is 0 Å². The van der Waals surface area contributed by atoms with E-state index in [1.54, 1.807) is 31.3 Å². The van der Waals surface area contributed by atoms with Crippen LogP contribution < -0.4 is 4.74 Å². The Balaban J connectivity index is 2.00. The summed E-state index contributed by atoms with van der Waals surface area (Å²) in [5.41, 5.74) is 0.573. The van der Waals surface area contributed by atoms with Gasteiger partial charge in [-0.05, 0) is 40.2 Å². The number of benzene rings is 1. The van der Waals surface area contributed by atoms with Gasteiger partial charge in [0.1, 0.15) is 24.2 Å². The summed E-state index contributed by atoms with van der Waals surface area (Å²) in [5.74, 6) is 0.643. The molecule has 1 unspecified atom stereocenters. The molecular formula is C11H11BrClN3O2. The summed E-state index contributed by atoms with van der Waals surface area (Å²) in [5, 5.41) is 18.2. The molecule has 0 spiro atoms. The number of hydrogen-bond acceptors (Lipinski definition) is 4. The number of aliphatic hydroxyl groups excluding tert-OH is 1. The average Bonchev–Trinajstić information content (AvgIpc) is 2.68. The number of aryl methyl sites for hydroxylation is 1. The zero-order valence-corrected chi connectivity index (χ0v) is 11.9. The zero-order valence-electron chi connectivity index (χ0n) is 9.55. The molecule has 0 aliphatic heterocycles. The van der Waals surface area contributed by atoms with Crippen molar-refractivity contribution >= 4 is 27.5 Å². The summed E-state index contributed by atoms with van der Waals surface area (Å²) in [7, 11) is 1.71. The fourth-order valence-corrected chi connectivity index (χ4v) is 2.20. The van der Waals surface area contributed by atoms with Gasteiger partial charge in [0.05, 0.1) is 0 Å². The van der Waals surface area contributed by atoms with Crippen molar-refractivity contribution in [1.29, 1.82) is 0 Å². The lowest BCUT2D eigenvalue weighted by Crippen LogP contribution is -2.14. The van der Waals surface area contributed by atoms with Crippen LogP contribution in [0.4, 0.5) is 0 Å². The second kappa shape index (κ2) is 5.69. The second-order valence-electron chi connectivity index (χ2n) is 3.67.